The van der Waals surface area contributed by atoms with E-state index in [9.17, 15) is 4.39 Å². The van der Waals surface area contributed by atoms with Crippen LogP contribution in [-0.4, -0.2) is 6.61 Å². The molecule has 2 aromatic rings. The Hall–Kier alpha value is -1.54. The van der Waals surface area contributed by atoms with Gasteiger partial charge in [0, 0.05) is 12.0 Å². The first-order chi connectivity index (χ1) is 8.75. The standard InChI is InChI=1S/C15H12ClFO/c16-15(12-3-1-2-4-13(12)17)11-5-6-14-10(9-11)7-8-18-14/h1-6,9,15H,7-8H2. The third kappa shape index (κ3) is 1.97. The van der Waals surface area contributed by atoms with E-state index in [2.05, 4.69) is 0 Å². The highest BCUT2D eigenvalue weighted by molar-refractivity contribution is 6.22. The molecule has 1 aliphatic heterocycles. The fraction of sp³-hybridized carbons (Fsp3) is 0.200. The SMILES string of the molecule is Fc1ccccc1C(Cl)c1ccc2c(c1)CCO2. The van der Waals surface area contributed by atoms with E-state index in [4.69, 9.17) is 16.3 Å². The Balaban J connectivity index is 1.98. The topological polar surface area (TPSA) is 9.23 Å². The highest BCUT2D eigenvalue weighted by Gasteiger charge is 2.18. The van der Waals surface area contributed by atoms with Gasteiger partial charge in [-0.3, -0.25) is 0 Å². The lowest BCUT2D eigenvalue weighted by atomic mass is 10.0. The third-order valence-corrected chi connectivity index (χ3v) is 3.67. The predicted molar refractivity (Wildman–Crippen MR) is 69.7 cm³/mol. The summed E-state index contributed by atoms with van der Waals surface area (Å²) in [5.41, 5.74) is 2.57. The van der Waals surface area contributed by atoms with Crippen molar-refractivity contribution in [3.8, 4) is 5.75 Å². The van der Waals surface area contributed by atoms with Gasteiger partial charge in [0.1, 0.15) is 11.6 Å². The van der Waals surface area contributed by atoms with Crippen molar-refractivity contribution >= 4 is 11.6 Å². The number of hydrogen-bond acceptors (Lipinski definition) is 1. The van der Waals surface area contributed by atoms with Crippen molar-refractivity contribution in [3.05, 3.63) is 65.0 Å². The average Bonchev–Trinajstić information content (AvgIpc) is 2.85. The first-order valence-electron chi connectivity index (χ1n) is 5.90. The molecule has 3 heteroatoms. The summed E-state index contributed by atoms with van der Waals surface area (Å²) in [6.45, 7) is 0.714. The summed E-state index contributed by atoms with van der Waals surface area (Å²) in [5, 5.41) is -0.461. The van der Waals surface area contributed by atoms with Gasteiger partial charge in [-0.2, -0.15) is 0 Å². The van der Waals surface area contributed by atoms with Crippen molar-refractivity contribution in [2.45, 2.75) is 11.8 Å². The minimum absolute atomic E-state index is 0.269. The van der Waals surface area contributed by atoms with Crippen molar-refractivity contribution in [1.29, 1.82) is 0 Å². The maximum absolute atomic E-state index is 13.7. The van der Waals surface area contributed by atoms with Crippen LogP contribution in [0.2, 0.25) is 0 Å². The van der Waals surface area contributed by atoms with E-state index in [0.29, 0.717) is 12.2 Å². The fourth-order valence-electron chi connectivity index (χ4n) is 2.22. The molecule has 0 saturated heterocycles. The van der Waals surface area contributed by atoms with Gasteiger partial charge in [0.15, 0.2) is 0 Å². The molecule has 18 heavy (non-hydrogen) atoms. The Labute approximate surface area is 110 Å². The zero-order valence-corrected chi connectivity index (χ0v) is 10.5. The highest BCUT2D eigenvalue weighted by Crippen LogP contribution is 2.34. The average molecular weight is 263 g/mol. The predicted octanol–water partition coefficient (Wildman–Crippen LogP) is 4.09. The number of fused-ring (bicyclic) bond motifs is 1. The smallest absolute Gasteiger partial charge is 0.128 e. The first-order valence-corrected chi connectivity index (χ1v) is 6.33. The quantitative estimate of drug-likeness (QED) is 0.741. The molecule has 0 spiro atoms. The monoisotopic (exact) mass is 262 g/mol. The summed E-state index contributed by atoms with van der Waals surface area (Å²) in [6, 6.07) is 12.4. The molecule has 0 saturated carbocycles. The van der Waals surface area contributed by atoms with Crippen LogP contribution in [0, 0.1) is 5.82 Å². The number of benzene rings is 2. The number of hydrogen-bond donors (Lipinski definition) is 0. The second-order valence-corrected chi connectivity index (χ2v) is 4.79. The van der Waals surface area contributed by atoms with Crippen LogP contribution in [-0.2, 0) is 6.42 Å². The molecule has 0 aliphatic carbocycles. The third-order valence-electron chi connectivity index (χ3n) is 3.18. The van der Waals surface area contributed by atoms with E-state index in [0.717, 1.165) is 23.3 Å². The largest absolute Gasteiger partial charge is 0.493 e. The van der Waals surface area contributed by atoms with Crippen molar-refractivity contribution < 1.29 is 9.13 Å². The summed E-state index contributed by atoms with van der Waals surface area (Å²) in [6.07, 6.45) is 0.893. The first kappa shape index (κ1) is 11.5. The Kier molecular flexibility index (Phi) is 2.96. The van der Waals surface area contributed by atoms with Gasteiger partial charge in [-0.15, -0.1) is 11.6 Å². The Morgan fingerprint density at radius 3 is 2.83 bits per heavy atom. The van der Waals surface area contributed by atoms with Crippen LogP contribution in [0.1, 0.15) is 22.1 Å². The lowest BCUT2D eigenvalue weighted by molar-refractivity contribution is 0.357. The molecule has 1 nitrogen and oxygen atoms in total. The molecule has 1 unspecified atom stereocenters. The second kappa shape index (κ2) is 4.62. The molecule has 1 heterocycles. The number of halogens is 2. The Morgan fingerprint density at radius 1 is 1.17 bits per heavy atom. The van der Waals surface area contributed by atoms with Crippen molar-refractivity contribution in [2.24, 2.45) is 0 Å². The van der Waals surface area contributed by atoms with E-state index in [1.807, 2.05) is 18.2 Å². The van der Waals surface area contributed by atoms with Crippen molar-refractivity contribution in [1.82, 2.24) is 0 Å². The molecular weight excluding hydrogens is 251 g/mol. The molecule has 92 valence electrons. The van der Waals surface area contributed by atoms with Crippen LogP contribution in [0.4, 0.5) is 4.39 Å². The molecule has 0 bridgehead atoms. The van der Waals surface area contributed by atoms with E-state index >= 15 is 0 Å². The minimum atomic E-state index is -0.461. The zero-order chi connectivity index (χ0) is 12.5. The molecule has 0 N–H and O–H groups in total. The summed E-state index contributed by atoms with van der Waals surface area (Å²) in [7, 11) is 0. The normalized spacial score (nSPS) is 15.0. The summed E-state index contributed by atoms with van der Waals surface area (Å²) < 4.78 is 19.1. The molecule has 3 rings (SSSR count). The zero-order valence-electron chi connectivity index (χ0n) is 9.70. The summed E-state index contributed by atoms with van der Waals surface area (Å²) in [5.74, 6) is 0.644. The van der Waals surface area contributed by atoms with Gasteiger partial charge in [-0.05, 0) is 23.3 Å². The van der Waals surface area contributed by atoms with Gasteiger partial charge in [0.25, 0.3) is 0 Å². The number of ether oxygens (including phenoxy) is 1. The molecule has 0 amide bonds. The summed E-state index contributed by atoms with van der Waals surface area (Å²) in [4.78, 5) is 0. The molecular formula is C15H12ClFO. The van der Waals surface area contributed by atoms with Crippen molar-refractivity contribution in [3.63, 3.8) is 0 Å². The van der Waals surface area contributed by atoms with Crippen LogP contribution in [0.15, 0.2) is 42.5 Å². The Morgan fingerprint density at radius 2 is 2.00 bits per heavy atom. The van der Waals surface area contributed by atoms with E-state index < -0.39 is 5.38 Å². The van der Waals surface area contributed by atoms with Gasteiger partial charge in [-0.25, -0.2) is 4.39 Å². The lowest BCUT2D eigenvalue weighted by Crippen LogP contribution is -1.97. The maximum Gasteiger partial charge on any atom is 0.128 e. The molecule has 0 aromatic heterocycles. The van der Waals surface area contributed by atoms with Crippen LogP contribution in [0.5, 0.6) is 5.75 Å². The van der Waals surface area contributed by atoms with Crippen LogP contribution in [0.25, 0.3) is 0 Å². The van der Waals surface area contributed by atoms with Crippen molar-refractivity contribution in [2.75, 3.05) is 6.61 Å². The van der Waals surface area contributed by atoms with Gasteiger partial charge < -0.3 is 4.74 Å². The number of alkyl halides is 1. The van der Waals surface area contributed by atoms with Crippen LogP contribution in [0.3, 0.4) is 0 Å². The number of rotatable bonds is 2. The van der Waals surface area contributed by atoms with Crippen LogP contribution >= 0.6 is 11.6 Å². The molecule has 0 radical (unpaired) electrons. The van der Waals surface area contributed by atoms with E-state index in [-0.39, 0.29) is 5.82 Å². The fourth-order valence-corrected chi connectivity index (χ4v) is 2.54. The molecule has 1 atom stereocenters. The minimum Gasteiger partial charge on any atom is -0.493 e. The highest BCUT2D eigenvalue weighted by atomic mass is 35.5. The van der Waals surface area contributed by atoms with E-state index in [1.54, 1.807) is 18.2 Å². The van der Waals surface area contributed by atoms with Gasteiger partial charge in [0.05, 0.1) is 12.0 Å². The molecule has 0 fully saturated rings. The molecule has 2 aromatic carbocycles. The van der Waals surface area contributed by atoms with Gasteiger partial charge in [-0.1, -0.05) is 30.3 Å². The van der Waals surface area contributed by atoms with Gasteiger partial charge >= 0.3 is 0 Å². The Bertz CT molecular complexity index is 582. The van der Waals surface area contributed by atoms with Gasteiger partial charge in [0.2, 0.25) is 0 Å². The summed E-state index contributed by atoms with van der Waals surface area (Å²) >= 11 is 6.36. The second-order valence-electron chi connectivity index (χ2n) is 4.35. The molecule has 1 aliphatic rings. The lowest BCUT2D eigenvalue weighted by Gasteiger charge is -2.12. The van der Waals surface area contributed by atoms with E-state index in [1.165, 1.54) is 6.07 Å². The maximum atomic E-state index is 13.7. The van der Waals surface area contributed by atoms with Crippen LogP contribution < -0.4 is 4.74 Å².